The van der Waals surface area contributed by atoms with Crippen molar-refractivity contribution in [3.8, 4) is 11.8 Å². The molecule has 0 aliphatic heterocycles. The molecule has 1 aliphatic carbocycles. The number of imidazole rings is 1. The van der Waals surface area contributed by atoms with Crippen LogP contribution in [0.3, 0.4) is 0 Å². The summed E-state index contributed by atoms with van der Waals surface area (Å²) in [5, 5.41) is 0. The summed E-state index contributed by atoms with van der Waals surface area (Å²) >= 11 is 0. The van der Waals surface area contributed by atoms with E-state index in [-0.39, 0.29) is 5.82 Å². The smallest absolute Gasteiger partial charge is 0.188 e. The number of hydrogen-bond donors (Lipinski definition) is 0. The van der Waals surface area contributed by atoms with Gasteiger partial charge in [0.2, 0.25) is 0 Å². The maximum absolute atomic E-state index is 13.0. The molecule has 0 radical (unpaired) electrons. The number of fused-ring (bicyclic) bond motifs is 1. The first-order chi connectivity index (χ1) is 11.3. The predicted octanol–water partition coefficient (Wildman–Crippen LogP) is 4.09. The Hall–Kier alpha value is -2.67. The Morgan fingerprint density at radius 2 is 1.83 bits per heavy atom. The van der Waals surface area contributed by atoms with Gasteiger partial charge in [-0.05, 0) is 55.2 Å². The molecule has 4 heteroatoms. The Morgan fingerprint density at radius 1 is 1.04 bits per heavy atom. The fraction of sp³-hybridized carbons (Fsp3) is 0.263. The fourth-order valence-corrected chi connectivity index (χ4v) is 3.19. The van der Waals surface area contributed by atoms with Crippen molar-refractivity contribution < 1.29 is 4.39 Å². The van der Waals surface area contributed by atoms with Crippen molar-refractivity contribution in [2.75, 3.05) is 0 Å². The summed E-state index contributed by atoms with van der Waals surface area (Å²) in [5.74, 6) is 6.73. The molecule has 0 spiro atoms. The molecule has 1 aliphatic rings. The van der Waals surface area contributed by atoms with E-state index in [1.54, 1.807) is 18.3 Å². The van der Waals surface area contributed by atoms with Gasteiger partial charge in [0.15, 0.2) is 11.5 Å². The summed E-state index contributed by atoms with van der Waals surface area (Å²) in [5.41, 5.74) is 2.56. The summed E-state index contributed by atoms with van der Waals surface area (Å²) in [6.45, 7) is 0. The quantitative estimate of drug-likeness (QED) is 0.634. The highest BCUT2D eigenvalue weighted by Crippen LogP contribution is 2.32. The second-order valence-corrected chi connectivity index (χ2v) is 5.85. The highest BCUT2D eigenvalue weighted by atomic mass is 19.1. The first-order valence-corrected chi connectivity index (χ1v) is 7.92. The number of nitrogens with zero attached hydrogens (tertiary/aromatic N) is 3. The van der Waals surface area contributed by atoms with Gasteiger partial charge >= 0.3 is 0 Å². The standard InChI is InChI=1S/C19H16FN3/c20-15-10-7-14(8-11-15)9-12-18-22-17-6-3-13-21-19(17)23(18)16-4-1-2-5-16/h3,6-8,10-11,13,16H,1-2,4-5H2. The lowest BCUT2D eigenvalue weighted by Crippen LogP contribution is -2.08. The highest BCUT2D eigenvalue weighted by Gasteiger charge is 2.22. The van der Waals surface area contributed by atoms with E-state index < -0.39 is 0 Å². The first kappa shape index (κ1) is 14.0. The number of pyridine rings is 1. The Balaban J connectivity index is 1.80. The van der Waals surface area contributed by atoms with Gasteiger partial charge in [-0.15, -0.1) is 0 Å². The molecule has 4 rings (SSSR count). The Labute approximate surface area is 134 Å². The van der Waals surface area contributed by atoms with Gasteiger partial charge < -0.3 is 0 Å². The van der Waals surface area contributed by atoms with Crippen LogP contribution in [0.15, 0.2) is 42.6 Å². The molecule has 0 unspecified atom stereocenters. The third kappa shape index (κ3) is 2.70. The summed E-state index contributed by atoms with van der Waals surface area (Å²) in [6, 6.07) is 10.5. The van der Waals surface area contributed by atoms with Gasteiger partial charge in [-0.3, -0.25) is 4.57 Å². The molecule has 2 heterocycles. The van der Waals surface area contributed by atoms with Crippen molar-refractivity contribution >= 4 is 11.2 Å². The molecule has 114 valence electrons. The molecule has 0 bridgehead atoms. The minimum absolute atomic E-state index is 0.252. The summed E-state index contributed by atoms with van der Waals surface area (Å²) in [4.78, 5) is 9.14. The van der Waals surface area contributed by atoms with Crippen LogP contribution < -0.4 is 0 Å². The number of rotatable bonds is 1. The monoisotopic (exact) mass is 305 g/mol. The van der Waals surface area contributed by atoms with Gasteiger partial charge in [0, 0.05) is 17.8 Å². The van der Waals surface area contributed by atoms with Gasteiger partial charge in [-0.2, -0.15) is 0 Å². The molecular weight excluding hydrogens is 289 g/mol. The van der Waals surface area contributed by atoms with Crippen LogP contribution in [-0.4, -0.2) is 14.5 Å². The van der Waals surface area contributed by atoms with Gasteiger partial charge in [0.05, 0.1) is 0 Å². The number of hydrogen-bond acceptors (Lipinski definition) is 2. The van der Waals surface area contributed by atoms with Gasteiger partial charge in [0.1, 0.15) is 11.3 Å². The number of halogens is 1. The summed E-state index contributed by atoms with van der Waals surface area (Å²) in [6.07, 6.45) is 6.57. The average molecular weight is 305 g/mol. The molecule has 0 N–H and O–H groups in total. The number of aromatic nitrogens is 3. The molecule has 0 amide bonds. The minimum Gasteiger partial charge on any atom is -0.299 e. The van der Waals surface area contributed by atoms with Gasteiger partial charge in [-0.1, -0.05) is 18.8 Å². The van der Waals surface area contributed by atoms with E-state index in [4.69, 9.17) is 0 Å². The van der Waals surface area contributed by atoms with Crippen LogP contribution in [-0.2, 0) is 0 Å². The summed E-state index contributed by atoms with van der Waals surface area (Å²) in [7, 11) is 0. The SMILES string of the molecule is Fc1ccc(C#Cc2nc3cccnc3n2C2CCCC2)cc1. The fourth-order valence-electron chi connectivity index (χ4n) is 3.19. The predicted molar refractivity (Wildman–Crippen MR) is 87.4 cm³/mol. The zero-order chi connectivity index (χ0) is 15.6. The lowest BCUT2D eigenvalue weighted by Gasteiger charge is -2.13. The van der Waals surface area contributed by atoms with E-state index in [2.05, 4.69) is 26.4 Å². The maximum atomic E-state index is 13.0. The van der Waals surface area contributed by atoms with E-state index in [1.807, 2.05) is 12.1 Å². The Morgan fingerprint density at radius 3 is 2.61 bits per heavy atom. The lowest BCUT2D eigenvalue weighted by atomic mass is 10.2. The second-order valence-electron chi connectivity index (χ2n) is 5.85. The molecule has 0 saturated heterocycles. The first-order valence-electron chi connectivity index (χ1n) is 7.92. The Bertz CT molecular complexity index is 894. The molecular formula is C19H16FN3. The maximum Gasteiger partial charge on any atom is 0.188 e. The van der Waals surface area contributed by atoms with Crippen LogP contribution in [0.25, 0.3) is 11.2 Å². The highest BCUT2D eigenvalue weighted by molar-refractivity contribution is 5.72. The third-order valence-electron chi connectivity index (χ3n) is 4.30. The van der Waals surface area contributed by atoms with E-state index in [0.29, 0.717) is 6.04 Å². The zero-order valence-corrected chi connectivity index (χ0v) is 12.7. The van der Waals surface area contributed by atoms with Crippen LogP contribution in [0, 0.1) is 17.7 Å². The molecule has 23 heavy (non-hydrogen) atoms. The largest absolute Gasteiger partial charge is 0.299 e. The van der Waals surface area contributed by atoms with Crippen molar-refractivity contribution in [3.05, 3.63) is 59.8 Å². The van der Waals surface area contributed by atoms with E-state index in [9.17, 15) is 4.39 Å². The molecule has 3 nitrogen and oxygen atoms in total. The van der Waals surface area contributed by atoms with Gasteiger partial charge in [-0.25, -0.2) is 14.4 Å². The van der Waals surface area contributed by atoms with Crippen molar-refractivity contribution in [3.63, 3.8) is 0 Å². The molecule has 2 aromatic heterocycles. The Kier molecular flexibility index (Phi) is 3.55. The normalized spacial score (nSPS) is 14.8. The second kappa shape index (κ2) is 5.85. The van der Waals surface area contributed by atoms with E-state index in [0.717, 1.165) is 35.4 Å². The van der Waals surface area contributed by atoms with E-state index >= 15 is 0 Å². The molecule has 0 atom stereocenters. The van der Waals surface area contributed by atoms with Crippen LogP contribution in [0.5, 0.6) is 0 Å². The molecule has 1 fully saturated rings. The zero-order valence-electron chi connectivity index (χ0n) is 12.7. The molecule has 1 aromatic carbocycles. The minimum atomic E-state index is -0.252. The van der Waals surface area contributed by atoms with Crippen LogP contribution in [0.2, 0.25) is 0 Å². The third-order valence-corrected chi connectivity index (χ3v) is 4.30. The van der Waals surface area contributed by atoms with Crippen LogP contribution in [0.4, 0.5) is 4.39 Å². The molecule has 3 aromatic rings. The summed E-state index contributed by atoms with van der Waals surface area (Å²) < 4.78 is 15.2. The van der Waals surface area contributed by atoms with Crippen molar-refractivity contribution in [1.29, 1.82) is 0 Å². The van der Waals surface area contributed by atoms with Crippen molar-refractivity contribution in [2.45, 2.75) is 31.7 Å². The van der Waals surface area contributed by atoms with Crippen LogP contribution in [0.1, 0.15) is 43.1 Å². The lowest BCUT2D eigenvalue weighted by molar-refractivity contribution is 0.524. The van der Waals surface area contributed by atoms with Gasteiger partial charge in [0.25, 0.3) is 0 Å². The van der Waals surface area contributed by atoms with Crippen molar-refractivity contribution in [1.82, 2.24) is 14.5 Å². The van der Waals surface area contributed by atoms with Crippen molar-refractivity contribution in [2.24, 2.45) is 0 Å². The van der Waals surface area contributed by atoms with E-state index in [1.165, 1.54) is 25.0 Å². The topological polar surface area (TPSA) is 30.7 Å². The average Bonchev–Trinajstić information content (AvgIpc) is 3.21. The number of benzene rings is 1. The molecule has 1 saturated carbocycles. The van der Waals surface area contributed by atoms with Crippen LogP contribution >= 0.6 is 0 Å².